The van der Waals surface area contributed by atoms with Crippen LogP contribution in [0.1, 0.15) is 15.9 Å². The summed E-state index contributed by atoms with van der Waals surface area (Å²) in [6, 6.07) is 13.6. The summed E-state index contributed by atoms with van der Waals surface area (Å²) in [5, 5.41) is 11.8. The number of ketones is 1. The molecule has 0 unspecified atom stereocenters. The van der Waals surface area contributed by atoms with E-state index in [1.807, 2.05) is 6.07 Å². The maximum Gasteiger partial charge on any atom is 0.329 e. The Bertz CT molecular complexity index is 696. The third-order valence-corrected chi connectivity index (χ3v) is 2.96. The highest BCUT2D eigenvalue weighted by molar-refractivity contribution is 6.31. The lowest BCUT2D eigenvalue weighted by Gasteiger charge is -2.09. The smallest absolute Gasteiger partial charge is 0.329 e. The van der Waals surface area contributed by atoms with E-state index in [9.17, 15) is 9.59 Å². The number of halogens is 1. The molecule has 0 aliphatic carbocycles. The van der Waals surface area contributed by atoms with Gasteiger partial charge in [-0.25, -0.2) is 4.79 Å². The average molecular weight is 302 g/mol. The average Bonchev–Trinajstić information content (AvgIpc) is 2.48. The zero-order valence-corrected chi connectivity index (χ0v) is 11.7. The summed E-state index contributed by atoms with van der Waals surface area (Å²) in [4.78, 5) is 22.9. The van der Waals surface area contributed by atoms with Crippen molar-refractivity contribution in [3.63, 3.8) is 0 Å². The van der Waals surface area contributed by atoms with Gasteiger partial charge < -0.3 is 10.4 Å². The van der Waals surface area contributed by atoms with E-state index in [-0.39, 0.29) is 5.78 Å². The molecule has 0 spiro atoms. The third-order valence-electron chi connectivity index (χ3n) is 2.73. The van der Waals surface area contributed by atoms with Crippen LogP contribution >= 0.6 is 11.6 Å². The molecule has 0 aliphatic heterocycles. The number of hydrogen-bond donors (Lipinski definition) is 2. The van der Waals surface area contributed by atoms with E-state index in [1.54, 1.807) is 42.5 Å². The van der Waals surface area contributed by atoms with E-state index in [0.717, 1.165) is 6.08 Å². The highest BCUT2D eigenvalue weighted by Gasteiger charge is 2.13. The van der Waals surface area contributed by atoms with Crippen LogP contribution in [-0.4, -0.2) is 16.9 Å². The van der Waals surface area contributed by atoms with Crippen molar-refractivity contribution in [2.45, 2.75) is 0 Å². The molecule has 2 N–H and O–H groups in total. The molecule has 0 aromatic heterocycles. The lowest BCUT2D eigenvalue weighted by molar-refractivity contribution is -0.131. The second-order valence-electron chi connectivity index (χ2n) is 4.20. The quantitative estimate of drug-likeness (QED) is 0.654. The molecule has 0 heterocycles. The van der Waals surface area contributed by atoms with Crippen molar-refractivity contribution in [2.24, 2.45) is 0 Å². The van der Waals surface area contributed by atoms with E-state index in [1.165, 1.54) is 6.20 Å². The standard InChI is InChI=1S/C16H12ClNO3/c17-12-6-7-14(18-9-8-15(19)20)13(10-12)16(21)11-4-2-1-3-5-11/h1-10,18H,(H,19,20)/b9-8+. The predicted molar refractivity (Wildman–Crippen MR) is 81.7 cm³/mol. The molecule has 0 radical (unpaired) electrons. The second kappa shape index (κ2) is 6.72. The normalized spacial score (nSPS) is 10.5. The van der Waals surface area contributed by atoms with E-state index < -0.39 is 5.97 Å². The van der Waals surface area contributed by atoms with Crippen molar-refractivity contribution in [1.29, 1.82) is 0 Å². The number of carboxylic acids is 1. The largest absolute Gasteiger partial charge is 0.478 e. The van der Waals surface area contributed by atoms with Crippen LogP contribution in [0.25, 0.3) is 0 Å². The van der Waals surface area contributed by atoms with Crippen molar-refractivity contribution >= 4 is 29.0 Å². The Morgan fingerprint density at radius 2 is 1.81 bits per heavy atom. The molecule has 0 bridgehead atoms. The number of nitrogens with one attached hydrogen (secondary N) is 1. The molecule has 4 nitrogen and oxygen atoms in total. The molecular formula is C16H12ClNO3. The monoisotopic (exact) mass is 301 g/mol. The summed E-state index contributed by atoms with van der Waals surface area (Å²) >= 11 is 5.94. The Balaban J connectivity index is 2.35. The Hall–Kier alpha value is -2.59. The first-order chi connectivity index (χ1) is 10.1. The number of carbonyl (C=O) groups excluding carboxylic acids is 1. The maximum absolute atomic E-state index is 12.5. The van der Waals surface area contributed by atoms with E-state index >= 15 is 0 Å². The minimum atomic E-state index is -1.08. The van der Waals surface area contributed by atoms with Crippen molar-refractivity contribution in [2.75, 3.05) is 5.32 Å². The zero-order valence-electron chi connectivity index (χ0n) is 10.9. The van der Waals surface area contributed by atoms with Gasteiger partial charge in [-0.05, 0) is 18.2 Å². The molecule has 0 fully saturated rings. The highest BCUT2D eigenvalue weighted by Crippen LogP contribution is 2.23. The fourth-order valence-corrected chi connectivity index (χ4v) is 1.95. The van der Waals surface area contributed by atoms with Gasteiger partial charge in [-0.2, -0.15) is 0 Å². The molecule has 21 heavy (non-hydrogen) atoms. The van der Waals surface area contributed by atoms with Gasteiger partial charge in [-0.15, -0.1) is 0 Å². The molecule has 0 atom stereocenters. The van der Waals surface area contributed by atoms with Crippen LogP contribution in [0, 0.1) is 0 Å². The molecule has 106 valence electrons. The lowest BCUT2D eigenvalue weighted by Crippen LogP contribution is -2.05. The first kappa shape index (κ1) is 14.8. The zero-order chi connectivity index (χ0) is 15.2. The van der Waals surface area contributed by atoms with Crippen molar-refractivity contribution < 1.29 is 14.7 Å². The van der Waals surface area contributed by atoms with E-state index in [0.29, 0.717) is 21.8 Å². The molecular weight excluding hydrogens is 290 g/mol. The number of carboxylic acid groups (broad SMARTS) is 1. The van der Waals surface area contributed by atoms with Crippen LogP contribution in [0.4, 0.5) is 5.69 Å². The number of carbonyl (C=O) groups is 2. The van der Waals surface area contributed by atoms with Gasteiger partial charge in [0.15, 0.2) is 5.78 Å². The highest BCUT2D eigenvalue weighted by atomic mass is 35.5. The van der Waals surface area contributed by atoms with Crippen LogP contribution in [0.3, 0.4) is 0 Å². The number of benzene rings is 2. The summed E-state index contributed by atoms with van der Waals surface area (Å²) in [7, 11) is 0. The van der Waals surface area contributed by atoms with Gasteiger partial charge in [0.2, 0.25) is 0 Å². The summed E-state index contributed by atoms with van der Waals surface area (Å²) in [6.45, 7) is 0. The molecule has 2 rings (SSSR count). The Morgan fingerprint density at radius 1 is 1.10 bits per heavy atom. The van der Waals surface area contributed by atoms with Crippen LogP contribution < -0.4 is 5.32 Å². The summed E-state index contributed by atoms with van der Waals surface area (Å²) < 4.78 is 0. The van der Waals surface area contributed by atoms with Crippen molar-refractivity contribution in [1.82, 2.24) is 0 Å². The predicted octanol–water partition coefficient (Wildman–Crippen LogP) is 3.58. The van der Waals surface area contributed by atoms with Crippen molar-refractivity contribution in [3.05, 3.63) is 77.0 Å². The molecule has 2 aromatic carbocycles. The van der Waals surface area contributed by atoms with Gasteiger partial charge in [0, 0.05) is 34.1 Å². The first-order valence-corrected chi connectivity index (χ1v) is 6.51. The van der Waals surface area contributed by atoms with Crippen LogP contribution in [0.2, 0.25) is 5.02 Å². The maximum atomic E-state index is 12.5. The number of anilines is 1. The number of aliphatic carboxylic acids is 1. The van der Waals surface area contributed by atoms with Crippen LogP contribution in [0.5, 0.6) is 0 Å². The molecule has 0 amide bonds. The van der Waals surface area contributed by atoms with Gasteiger partial charge in [0.05, 0.1) is 0 Å². The molecule has 0 saturated heterocycles. The second-order valence-corrected chi connectivity index (χ2v) is 4.64. The first-order valence-electron chi connectivity index (χ1n) is 6.13. The molecule has 0 saturated carbocycles. The van der Waals surface area contributed by atoms with E-state index in [4.69, 9.17) is 16.7 Å². The van der Waals surface area contributed by atoms with Crippen molar-refractivity contribution in [3.8, 4) is 0 Å². The van der Waals surface area contributed by atoms with E-state index in [2.05, 4.69) is 5.32 Å². The Morgan fingerprint density at radius 3 is 2.48 bits per heavy atom. The van der Waals surface area contributed by atoms with Crippen LogP contribution in [-0.2, 0) is 4.79 Å². The van der Waals surface area contributed by atoms with Crippen LogP contribution in [0.15, 0.2) is 60.8 Å². The van der Waals surface area contributed by atoms with Gasteiger partial charge in [0.25, 0.3) is 0 Å². The minimum absolute atomic E-state index is 0.190. The SMILES string of the molecule is O=C(O)/C=C/Nc1ccc(Cl)cc1C(=O)c1ccccc1. The van der Waals surface area contributed by atoms with Gasteiger partial charge in [-0.3, -0.25) is 4.79 Å². The van der Waals surface area contributed by atoms with Gasteiger partial charge in [-0.1, -0.05) is 41.9 Å². The van der Waals surface area contributed by atoms with Gasteiger partial charge in [0.1, 0.15) is 0 Å². The van der Waals surface area contributed by atoms with Gasteiger partial charge >= 0.3 is 5.97 Å². The molecule has 2 aromatic rings. The summed E-state index contributed by atoms with van der Waals surface area (Å²) in [5.74, 6) is -1.27. The Labute approximate surface area is 126 Å². The fraction of sp³-hybridized carbons (Fsp3) is 0. The summed E-state index contributed by atoms with van der Waals surface area (Å²) in [5.41, 5.74) is 1.40. The lowest BCUT2D eigenvalue weighted by atomic mass is 10.0. The minimum Gasteiger partial charge on any atom is -0.478 e. The fourth-order valence-electron chi connectivity index (χ4n) is 1.78. The number of hydrogen-bond acceptors (Lipinski definition) is 3. The molecule has 5 heteroatoms. The third kappa shape index (κ3) is 3.94. The summed E-state index contributed by atoms with van der Waals surface area (Å²) in [6.07, 6.45) is 2.21. The molecule has 0 aliphatic rings. The Kier molecular flexibility index (Phi) is 4.74. The topological polar surface area (TPSA) is 66.4 Å². The number of rotatable bonds is 5.